The van der Waals surface area contributed by atoms with Gasteiger partial charge in [0.25, 0.3) is 5.91 Å². The van der Waals surface area contributed by atoms with E-state index in [1.165, 1.54) is 0 Å². The van der Waals surface area contributed by atoms with E-state index >= 15 is 0 Å². The van der Waals surface area contributed by atoms with Crippen LogP contribution in [0, 0.1) is 6.92 Å². The van der Waals surface area contributed by atoms with Gasteiger partial charge in [0.2, 0.25) is 11.9 Å². The molecule has 0 radical (unpaired) electrons. The monoisotopic (exact) mass is 447 g/mol. The minimum absolute atomic E-state index is 0.0655. The molecule has 0 saturated carbocycles. The average Bonchev–Trinajstić information content (AvgIpc) is 3.31. The lowest BCUT2D eigenvalue weighted by Gasteiger charge is -2.27. The summed E-state index contributed by atoms with van der Waals surface area (Å²) in [5.41, 5.74) is 3.57. The third-order valence-corrected chi connectivity index (χ3v) is 6.36. The lowest BCUT2D eigenvalue weighted by atomic mass is 10.1. The number of amides is 2. The lowest BCUT2D eigenvalue weighted by Crippen LogP contribution is -2.39. The minimum Gasteiger partial charge on any atom is -0.379 e. The average molecular weight is 448 g/mol. The molecule has 1 aromatic heterocycles. The zero-order valence-electron chi connectivity index (χ0n) is 18.9. The quantitative estimate of drug-likeness (QED) is 0.602. The van der Waals surface area contributed by atoms with E-state index in [0.717, 1.165) is 61.6 Å². The normalized spacial score (nSPS) is 18.6. The first-order valence-corrected chi connectivity index (χ1v) is 11.5. The van der Waals surface area contributed by atoms with Crippen molar-refractivity contribution >= 4 is 34.5 Å². The molecule has 3 aromatic rings. The maximum Gasteiger partial charge on any atom is 0.253 e. The van der Waals surface area contributed by atoms with E-state index in [-0.39, 0.29) is 18.2 Å². The van der Waals surface area contributed by atoms with Crippen LogP contribution < -0.4 is 10.2 Å². The number of imidazole rings is 1. The summed E-state index contributed by atoms with van der Waals surface area (Å²) in [5.74, 6) is 0.386. The van der Waals surface area contributed by atoms with Crippen LogP contribution in [0.3, 0.4) is 0 Å². The number of aryl methyl sites for hydroxylation is 1. The summed E-state index contributed by atoms with van der Waals surface area (Å²) in [4.78, 5) is 35.2. The summed E-state index contributed by atoms with van der Waals surface area (Å²) in [6.07, 6.45) is 0.914. The van der Waals surface area contributed by atoms with Crippen LogP contribution in [0.25, 0.3) is 11.0 Å². The van der Waals surface area contributed by atoms with Gasteiger partial charge >= 0.3 is 0 Å². The number of fused-ring (bicyclic) bond motifs is 3. The molecule has 0 spiro atoms. The Hall–Kier alpha value is -3.23. The first kappa shape index (κ1) is 21.6. The number of hydrogen-bond donors (Lipinski definition) is 1. The Kier molecular flexibility index (Phi) is 6.11. The number of anilines is 2. The number of rotatable bonds is 7. The summed E-state index contributed by atoms with van der Waals surface area (Å²) in [6.45, 7) is 6.86. The van der Waals surface area contributed by atoms with Crippen LogP contribution in [-0.2, 0) is 14.3 Å². The Morgan fingerprint density at radius 2 is 1.85 bits per heavy atom. The van der Waals surface area contributed by atoms with Gasteiger partial charge in [-0.05, 0) is 37.6 Å². The Morgan fingerprint density at radius 3 is 2.64 bits per heavy atom. The van der Waals surface area contributed by atoms with Crippen molar-refractivity contribution in [3.05, 3.63) is 54.1 Å². The number of nitrogens with one attached hydrogen (secondary N) is 1. The highest BCUT2D eigenvalue weighted by Crippen LogP contribution is 2.36. The van der Waals surface area contributed by atoms with E-state index in [0.29, 0.717) is 12.5 Å². The van der Waals surface area contributed by atoms with E-state index in [1.54, 1.807) is 4.90 Å². The number of nitrogens with zero attached hydrogens (tertiary/aromatic N) is 4. The van der Waals surface area contributed by atoms with E-state index in [4.69, 9.17) is 9.72 Å². The summed E-state index contributed by atoms with van der Waals surface area (Å²) in [6, 6.07) is 14.8. The number of benzene rings is 2. The van der Waals surface area contributed by atoms with Gasteiger partial charge in [-0.1, -0.05) is 29.8 Å². The summed E-state index contributed by atoms with van der Waals surface area (Å²) >= 11 is 0. The second-order valence-electron chi connectivity index (χ2n) is 8.70. The molecule has 0 aliphatic carbocycles. The summed E-state index contributed by atoms with van der Waals surface area (Å²) in [5, 5.41) is 2.93. The number of morpholine rings is 1. The van der Waals surface area contributed by atoms with Crippen LogP contribution in [0.4, 0.5) is 11.6 Å². The van der Waals surface area contributed by atoms with Gasteiger partial charge in [0.05, 0.1) is 30.7 Å². The van der Waals surface area contributed by atoms with Crippen molar-refractivity contribution in [2.75, 3.05) is 49.6 Å². The number of hydrogen-bond acceptors (Lipinski definition) is 5. The second kappa shape index (κ2) is 9.33. The van der Waals surface area contributed by atoms with Crippen molar-refractivity contribution in [3.8, 4) is 0 Å². The van der Waals surface area contributed by atoms with Crippen LogP contribution >= 0.6 is 0 Å². The molecule has 33 heavy (non-hydrogen) atoms. The van der Waals surface area contributed by atoms with Crippen molar-refractivity contribution in [2.45, 2.75) is 25.8 Å². The summed E-state index contributed by atoms with van der Waals surface area (Å²) in [7, 11) is 0. The Labute approximate surface area is 193 Å². The molecule has 1 fully saturated rings. The molecule has 2 aromatic carbocycles. The zero-order valence-corrected chi connectivity index (χ0v) is 18.9. The van der Waals surface area contributed by atoms with E-state index in [2.05, 4.69) is 10.2 Å². The minimum atomic E-state index is -0.596. The maximum atomic E-state index is 13.4. The lowest BCUT2D eigenvalue weighted by molar-refractivity contribution is -0.124. The fourth-order valence-electron chi connectivity index (χ4n) is 4.61. The molecule has 172 valence electrons. The van der Waals surface area contributed by atoms with Crippen molar-refractivity contribution < 1.29 is 14.3 Å². The van der Waals surface area contributed by atoms with Gasteiger partial charge in [-0.2, -0.15) is 0 Å². The summed E-state index contributed by atoms with van der Waals surface area (Å²) < 4.78 is 7.35. The zero-order chi connectivity index (χ0) is 22.8. The second-order valence-corrected chi connectivity index (χ2v) is 8.70. The van der Waals surface area contributed by atoms with Gasteiger partial charge in [-0.3, -0.25) is 24.0 Å². The highest BCUT2D eigenvalue weighted by molar-refractivity contribution is 6.05. The predicted molar refractivity (Wildman–Crippen MR) is 127 cm³/mol. The van der Waals surface area contributed by atoms with E-state index in [1.807, 2.05) is 60.0 Å². The molecule has 1 atom stereocenters. The number of para-hydroxylation sites is 2. The Bertz CT molecular complexity index is 1150. The van der Waals surface area contributed by atoms with Gasteiger partial charge in [0.1, 0.15) is 6.04 Å². The van der Waals surface area contributed by atoms with Gasteiger partial charge in [0, 0.05) is 31.9 Å². The highest BCUT2D eigenvalue weighted by atomic mass is 16.5. The van der Waals surface area contributed by atoms with Crippen molar-refractivity contribution in [1.82, 2.24) is 14.5 Å². The molecule has 1 saturated heterocycles. The largest absolute Gasteiger partial charge is 0.379 e. The van der Waals surface area contributed by atoms with Gasteiger partial charge in [-0.25, -0.2) is 4.98 Å². The fourth-order valence-corrected chi connectivity index (χ4v) is 4.61. The molecule has 5 rings (SSSR count). The predicted octanol–water partition coefficient (Wildman–Crippen LogP) is 2.98. The molecule has 0 unspecified atom stereocenters. The van der Waals surface area contributed by atoms with Gasteiger partial charge in [0.15, 0.2) is 0 Å². The SMILES string of the molecule is Cc1ccc(NC(=O)C[C@H]2C(=O)N(CCCN3CCOCC3)c3nc4ccccc4n32)cc1. The van der Waals surface area contributed by atoms with E-state index in [9.17, 15) is 9.59 Å². The third kappa shape index (κ3) is 4.49. The molecule has 0 bridgehead atoms. The fraction of sp³-hybridized carbons (Fsp3) is 0.400. The van der Waals surface area contributed by atoms with Crippen LogP contribution in [0.2, 0.25) is 0 Å². The van der Waals surface area contributed by atoms with Gasteiger partial charge in [-0.15, -0.1) is 0 Å². The number of ether oxygens (including phenoxy) is 1. The third-order valence-electron chi connectivity index (χ3n) is 6.36. The van der Waals surface area contributed by atoms with Crippen molar-refractivity contribution in [1.29, 1.82) is 0 Å². The van der Waals surface area contributed by atoms with Crippen LogP contribution in [0.5, 0.6) is 0 Å². The molecule has 3 heterocycles. The van der Waals surface area contributed by atoms with Crippen LogP contribution in [-0.4, -0.2) is 65.7 Å². The van der Waals surface area contributed by atoms with E-state index < -0.39 is 6.04 Å². The number of carbonyl (C=O) groups is 2. The number of aromatic nitrogens is 2. The molecule has 8 nitrogen and oxygen atoms in total. The number of carbonyl (C=O) groups excluding carboxylic acids is 2. The Morgan fingerprint density at radius 1 is 1.09 bits per heavy atom. The Balaban J connectivity index is 1.33. The topological polar surface area (TPSA) is 79.7 Å². The molecule has 2 amide bonds. The maximum absolute atomic E-state index is 13.4. The van der Waals surface area contributed by atoms with Gasteiger partial charge < -0.3 is 10.1 Å². The highest BCUT2D eigenvalue weighted by Gasteiger charge is 2.40. The van der Waals surface area contributed by atoms with Crippen LogP contribution in [0.15, 0.2) is 48.5 Å². The first-order valence-electron chi connectivity index (χ1n) is 11.5. The molecule has 2 aliphatic heterocycles. The van der Waals surface area contributed by atoms with Crippen LogP contribution in [0.1, 0.15) is 24.4 Å². The standard InChI is InChI=1S/C25H29N5O3/c1-18-7-9-19(10-8-18)26-23(31)17-22-24(32)29(12-4-11-28-13-15-33-16-14-28)25-27-20-5-2-3-6-21(20)30(22)25/h2-3,5-10,22H,4,11-17H2,1H3,(H,26,31)/t22-/m0/s1. The van der Waals surface area contributed by atoms with Crippen molar-refractivity contribution in [2.24, 2.45) is 0 Å². The smallest absolute Gasteiger partial charge is 0.253 e. The molecule has 2 aliphatic rings. The van der Waals surface area contributed by atoms with Crippen molar-refractivity contribution in [3.63, 3.8) is 0 Å². The molecule has 8 heteroatoms. The molecular weight excluding hydrogens is 418 g/mol. The molecule has 1 N–H and O–H groups in total. The first-order chi connectivity index (χ1) is 16.1. The molecular formula is C25H29N5O3.